The molecule has 3 aromatic carbocycles. The van der Waals surface area contributed by atoms with Crippen LogP contribution in [0.5, 0.6) is 11.5 Å². The summed E-state index contributed by atoms with van der Waals surface area (Å²) in [7, 11) is 0. The van der Waals surface area contributed by atoms with Gasteiger partial charge in [0.2, 0.25) is 0 Å². The molecule has 0 heterocycles. The quantitative estimate of drug-likeness (QED) is 0.518. The molecule has 0 fully saturated rings. The number of rotatable bonds is 8. The SMILES string of the molecule is CCOc1cc(CNc2cccc(C)c2C)ccc1OCc1ccccc1F. The van der Waals surface area contributed by atoms with Gasteiger partial charge in [-0.15, -0.1) is 0 Å². The summed E-state index contributed by atoms with van der Waals surface area (Å²) in [5, 5.41) is 3.48. The Labute approximate surface area is 166 Å². The standard InChI is InChI=1S/C24H26FNO2/c1-4-27-24-14-19(15-26-22-11-7-8-17(2)18(22)3)12-13-23(24)28-16-20-9-5-6-10-21(20)25/h5-14,26H,4,15-16H2,1-3H3. The van der Waals surface area contributed by atoms with Crippen molar-refractivity contribution in [2.45, 2.75) is 33.9 Å². The molecule has 0 bridgehead atoms. The van der Waals surface area contributed by atoms with Gasteiger partial charge in [0.1, 0.15) is 12.4 Å². The molecule has 3 rings (SSSR count). The molecule has 3 nitrogen and oxygen atoms in total. The minimum Gasteiger partial charge on any atom is -0.490 e. The van der Waals surface area contributed by atoms with Crippen molar-refractivity contribution < 1.29 is 13.9 Å². The van der Waals surface area contributed by atoms with Crippen LogP contribution in [0.25, 0.3) is 0 Å². The molecule has 0 aromatic heterocycles. The molecule has 28 heavy (non-hydrogen) atoms. The van der Waals surface area contributed by atoms with E-state index in [1.54, 1.807) is 18.2 Å². The van der Waals surface area contributed by atoms with Crippen LogP contribution in [0.3, 0.4) is 0 Å². The van der Waals surface area contributed by atoms with E-state index in [4.69, 9.17) is 9.47 Å². The molecule has 0 aliphatic heterocycles. The summed E-state index contributed by atoms with van der Waals surface area (Å²) in [6.45, 7) is 7.52. The lowest BCUT2D eigenvalue weighted by Crippen LogP contribution is -2.04. The van der Waals surface area contributed by atoms with Gasteiger partial charge in [-0.1, -0.05) is 36.4 Å². The lowest BCUT2D eigenvalue weighted by atomic mass is 10.1. The van der Waals surface area contributed by atoms with E-state index in [0.29, 0.717) is 30.2 Å². The molecule has 0 radical (unpaired) electrons. The largest absolute Gasteiger partial charge is 0.490 e. The Morgan fingerprint density at radius 1 is 0.893 bits per heavy atom. The topological polar surface area (TPSA) is 30.5 Å². The van der Waals surface area contributed by atoms with Crippen molar-refractivity contribution in [3.63, 3.8) is 0 Å². The van der Waals surface area contributed by atoms with Crippen LogP contribution >= 0.6 is 0 Å². The summed E-state index contributed by atoms with van der Waals surface area (Å²) < 4.78 is 25.4. The summed E-state index contributed by atoms with van der Waals surface area (Å²) in [5.41, 5.74) is 5.24. The third-order valence-electron chi connectivity index (χ3n) is 4.74. The highest BCUT2D eigenvalue weighted by Crippen LogP contribution is 2.30. The van der Waals surface area contributed by atoms with Crippen molar-refractivity contribution in [1.82, 2.24) is 0 Å². The first-order chi connectivity index (χ1) is 13.6. The maximum Gasteiger partial charge on any atom is 0.161 e. The zero-order valence-corrected chi connectivity index (χ0v) is 16.6. The number of aryl methyl sites for hydroxylation is 1. The number of hydrogen-bond acceptors (Lipinski definition) is 3. The van der Waals surface area contributed by atoms with Crippen LogP contribution in [-0.2, 0) is 13.2 Å². The first-order valence-corrected chi connectivity index (χ1v) is 9.50. The van der Waals surface area contributed by atoms with Crippen LogP contribution in [-0.4, -0.2) is 6.61 Å². The fraction of sp³-hybridized carbons (Fsp3) is 0.250. The Bertz CT molecular complexity index is 940. The van der Waals surface area contributed by atoms with Crippen LogP contribution in [0, 0.1) is 19.7 Å². The molecule has 0 amide bonds. The molecule has 0 atom stereocenters. The van der Waals surface area contributed by atoms with Crippen molar-refractivity contribution in [2.75, 3.05) is 11.9 Å². The zero-order valence-electron chi connectivity index (χ0n) is 16.6. The molecular weight excluding hydrogens is 353 g/mol. The predicted molar refractivity (Wildman–Crippen MR) is 112 cm³/mol. The van der Waals surface area contributed by atoms with E-state index in [9.17, 15) is 4.39 Å². The maximum absolute atomic E-state index is 13.8. The number of ether oxygens (including phenoxy) is 2. The molecular formula is C24H26FNO2. The van der Waals surface area contributed by atoms with Gasteiger partial charge in [0, 0.05) is 17.8 Å². The van der Waals surface area contributed by atoms with E-state index in [-0.39, 0.29) is 12.4 Å². The Kier molecular flexibility index (Phi) is 6.53. The fourth-order valence-corrected chi connectivity index (χ4v) is 2.96. The highest BCUT2D eigenvalue weighted by Gasteiger charge is 2.09. The highest BCUT2D eigenvalue weighted by atomic mass is 19.1. The average molecular weight is 379 g/mol. The number of hydrogen-bond donors (Lipinski definition) is 1. The third-order valence-corrected chi connectivity index (χ3v) is 4.74. The second-order valence-corrected chi connectivity index (χ2v) is 6.70. The van der Waals surface area contributed by atoms with Gasteiger partial charge < -0.3 is 14.8 Å². The minimum atomic E-state index is -0.269. The Morgan fingerprint density at radius 3 is 2.50 bits per heavy atom. The number of nitrogens with one attached hydrogen (secondary N) is 1. The molecule has 146 valence electrons. The number of benzene rings is 3. The molecule has 0 aliphatic carbocycles. The molecule has 0 unspecified atom stereocenters. The second kappa shape index (κ2) is 9.27. The van der Waals surface area contributed by atoms with Gasteiger partial charge >= 0.3 is 0 Å². The van der Waals surface area contributed by atoms with Crippen LogP contribution in [0.15, 0.2) is 60.7 Å². The van der Waals surface area contributed by atoms with Gasteiger partial charge in [-0.25, -0.2) is 4.39 Å². The molecule has 3 aromatic rings. The van der Waals surface area contributed by atoms with Gasteiger partial charge in [-0.05, 0) is 61.7 Å². The maximum atomic E-state index is 13.8. The summed E-state index contributed by atoms with van der Waals surface area (Å²) >= 11 is 0. The van der Waals surface area contributed by atoms with Crippen molar-refractivity contribution >= 4 is 5.69 Å². The second-order valence-electron chi connectivity index (χ2n) is 6.70. The molecule has 0 saturated carbocycles. The lowest BCUT2D eigenvalue weighted by Gasteiger charge is -2.15. The van der Waals surface area contributed by atoms with E-state index in [2.05, 4.69) is 37.4 Å². The van der Waals surface area contributed by atoms with Crippen LogP contribution in [0.4, 0.5) is 10.1 Å². The van der Waals surface area contributed by atoms with E-state index in [0.717, 1.165) is 11.3 Å². The number of halogens is 1. The minimum absolute atomic E-state index is 0.160. The van der Waals surface area contributed by atoms with Gasteiger partial charge in [0.25, 0.3) is 0 Å². The van der Waals surface area contributed by atoms with E-state index < -0.39 is 0 Å². The Hall–Kier alpha value is -3.01. The van der Waals surface area contributed by atoms with E-state index in [1.165, 1.54) is 17.2 Å². The molecule has 0 saturated heterocycles. The van der Waals surface area contributed by atoms with Gasteiger partial charge in [0.05, 0.1) is 6.61 Å². The van der Waals surface area contributed by atoms with Crippen molar-refractivity contribution in [3.8, 4) is 11.5 Å². The normalized spacial score (nSPS) is 10.6. The smallest absolute Gasteiger partial charge is 0.161 e. The Balaban J connectivity index is 1.71. The summed E-state index contributed by atoms with van der Waals surface area (Å²) in [5.74, 6) is 1.01. The van der Waals surface area contributed by atoms with Crippen molar-refractivity contribution in [2.24, 2.45) is 0 Å². The van der Waals surface area contributed by atoms with Crippen LogP contribution in [0.1, 0.15) is 29.2 Å². The average Bonchev–Trinajstić information content (AvgIpc) is 2.70. The van der Waals surface area contributed by atoms with Gasteiger partial charge in [-0.3, -0.25) is 0 Å². The summed E-state index contributed by atoms with van der Waals surface area (Å²) in [6.07, 6.45) is 0. The molecule has 0 spiro atoms. The fourth-order valence-electron chi connectivity index (χ4n) is 2.96. The molecule has 0 aliphatic rings. The Morgan fingerprint density at radius 2 is 1.71 bits per heavy atom. The van der Waals surface area contributed by atoms with Crippen LogP contribution in [0.2, 0.25) is 0 Å². The lowest BCUT2D eigenvalue weighted by molar-refractivity contribution is 0.265. The monoisotopic (exact) mass is 379 g/mol. The predicted octanol–water partition coefficient (Wildman–Crippen LogP) is 6.03. The highest BCUT2D eigenvalue weighted by molar-refractivity contribution is 5.54. The summed E-state index contributed by atoms with van der Waals surface area (Å²) in [6, 6.07) is 18.7. The van der Waals surface area contributed by atoms with E-state index in [1.807, 2.05) is 25.1 Å². The van der Waals surface area contributed by atoms with Gasteiger partial charge in [0.15, 0.2) is 11.5 Å². The van der Waals surface area contributed by atoms with Crippen molar-refractivity contribution in [1.29, 1.82) is 0 Å². The molecule has 4 heteroatoms. The van der Waals surface area contributed by atoms with Crippen molar-refractivity contribution in [3.05, 3.63) is 88.7 Å². The number of anilines is 1. The first kappa shape index (κ1) is 19.7. The zero-order chi connectivity index (χ0) is 19.9. The van der Waals surface area contributed by atoms with Crippen LogP contribution < -0.4 is 14.8 Å². The summed E-state index contributed by atoms with van der Waals surface area (Å²) in [4.78, 5) is 0. The van der Waals surface area contributed by atoms with E-state index >= 15 is 0 Å². The van der Waals surface area contributed by atoms with Gasteiger partial charge in [-0.2, -0.15) is 0 Å². The first-order valence-electron chi connectivity index (χ1n) is 9.50. The third kappa shape index (κ3) is 4.83. The molecule has 1 N–H and O–H groups in total.